The molecule has 6 heteroatoms. The van der Waals surface area contributed by atoms with Crippen molar-refractivity contribution >= 4 is 16.8 Å². The fourth-order valence-corrected chi connectivity index (χ4v) is 4.42. The van der Waals surface area contributed by atoms with Gasteiger partial charge in [0.15, 0.2) is 0 Å². The lowest BCUT2D eigenvalue weighted by Crippen LogP contribution is -2.49. The number of benzene rings is 2. The second kappa shape index (κ2) is 11.3. The first kappa shape index (κ1) is 24.0. The number of likely N-dealkylation sites (tertiary alicyclic amines) is 1. The molecule has 1 fully saturated rings. The van der Waals surface area contributed by atoms with Gasteiger partial charge in [0.25, 0.3) is 0 Å². The number of nitrogens with zero attached hydrogens (tertiary/aromatic N) is 3. The standard InChI is InChI=1S/C28H36N4O2/c1-21(2)20-34-26-9-7-22(8-10-26)17-30-28(33)32(25-12-15-31(3)16-13-25)19-24-6-4-5-23-11-14-29-18-27(23)24/h4-11,14,18,21,25H,12-13,15-17,19-20H2,1-3H3,(H,30,33). The minimum absolute atomic E-state index is 0.0180. The maximum atomic E-state index is 13.4. The lowest BCUT2D eigenvalue weighted by Gasteiger charge is -2.37. The van der Waals surface area contributed by atoms with Gasteiger partial charge in [-0.25, -0.2) is 4.79 Å². The monoisotopic (exact) mass is 460 g/mol. The number of carbonyl (C=O) groups excluding carboxylic acids is 1. The van der Waals surface area contributed by atoms with E-state index in [-0.39, 0.29) is 12.1 Å². The van der Waals surface area contributed by atoms with Gasteiger partial charge in [0.05, 0.1) is 6.61 Å². The highest BCUT2D eigenvalue weighted by atomic mass is 16.5. The molecule has 4 rings (SSSR count). The molecular weight excluding hydrogens is 424 g/mol. The van der Waals surface area contributed by atoms with Crippen LogP contribution in [0.3, 0.4) is 0 Å². The van der Waals surface area contributed by atoms with Crippen LogP contribution in [0.1, 0.15) is 37.8 Å². The summed E-state index contributed by atoms with van der Waals surface area (Å²) in [6.45, 7) is 8.04. The van der Waals surface area contributed by atoms with Gasteiger partial charge in [-0.3, -0.25) is 4.98 Å². The van der Waals surface area contributed by atoms with Crippen LogP contribution in [-0.2, 0) is 13.1 Å². The van der Waals surface area contributed by atoms with Gasteiger partial charge in [0, 0.05) is 36.9 Å². The van der Waals surface area contributed by atoms with E-state index in [9.17, 15) is 4.79 Å². The van der Waals surface area contributed by atoms with Gasteiger partial charge >= 0.3 is 6.03 Å². The van der Waals surface area contributed by atoms with Crippen molar-refractivity contribution in [3.63, 3.8) is 0 Å². The van der Waals surface area contributed by atoms with Crippen molar-refractivity contribution in [1.29, 1.82) is 0 Å². The number of amides is 2. The molecule has 3 aromatic rings. The maximum Gasteiger partial charge on any atom is 0.318 e. The van der Waals surface area contributed by atoms with E-state index < -0.39 is 0 Å². The van der Waals surface area contributed by atoms with Gasteiger partial charge in [-0.1, -0.05) is 44.2 Å². The summed E-state index contributed by atoms with van der Waals surface area (Å²) < 4.78 is 5.77. The Balaban J connectivity index is 1.46. The summed E-state index contributed by atoms with van der Waals surface area (Å²) in [6.07, 6.45) is 5.68. The predicted octanol–water partition coefficient (Wildman–Crippen LogP) is 5.08. The third-order valence-electron chi connectivity index (χ3n) is 6.45. The van der Waals surface area contributed by atoms with Crippen molar-refractivity contribution in [2.75, 3.05) is 26.7 Å². The fourth-order valence-electron chi connectivity index (χ4n) is 4.42. The molecule has 0 aliphatic carbocycles. The van der Waals surface area contributed by atoms with Crippen molar-refractivity contribution in [3.05, 3.63) is 72.1 Å². The number of ether oxygens (including phenoxy) is 1. The third-order valence-corrected chi connectivity index (χ3v) is 6.45. The molecule has 2 amide bonds. The zero-order valence-electron chi connectivity index (χ0n) is 20.5. The number of piperidine rings is 1. The highest BCUT2D eigenvalue weighted by molar-refractivity contribution is 5.85. The van der Waals surface area contributed by atoms with E-state index in [1.807, 2.05) is 47.6 Å². The molecule has 2 aromatic carbocycles. The minimum Gasteiger partial charge on any atom is -0.493 e. The number of fused-ring (bicyclic) bond motifs is 1. The summed E-state index contributed by atoms with van der Waals surface area (Å²) in [6, 6.07) is 16.5. The predicted molar refractivity (Wildman–Crippen MR) is 137 cm³/mol. The molecule has 1 N–H and O–H groups in total. The van der Waals surface area contributed by atoms with Crippen molar-refractivity contribution in [3.8, 4) is 5.75 Å². The smallest absolute Gasteiger partial charge is 0.318 e. The number of hydrogen-bond donors (Lipinski definition) is 1. The molecule has 180 valence electrons. The Morgan fingerprint density at radius 2 is 1.91 bits per heavy atom. The Bertz CT molecular complexity index is 1070. The third kappa shape index (κ3) is 6.26. The molecule has 1 saturated heterocycles. The van der Waals surface area contributed by atoms with Crippen LogP contribution in [0.4, 0.5) is 4.79 Å². The first-order valence-corrected chi connectivity index (χ1v) is 12.3. The zero-order chi connectivity index (χ0) is 23.9. The second-order valence-corrected chi connectivity index (χ2v) is 9.68. The summed E-state index contributed by atoms with van der Waals surface area (Å²) in [4.78, 5) is 22.1. The summed E-state index contributed by atoms with van der Waals surface area (Å²) in [7, 11) is 2.14. The number of rotatable bonds is 8. The molecule has 0 unspecified atom stereocenters. The van der Waals surface area contributed by atoms with Crippen LogP contribution in [0, 0.1) is 5.92 Å². The highest BCUT2D eigenvalue weighted by Crippen LogP contribution is 2.23. The van der Waals surface area contributed by atoms with E-state index >= 15 is 0 Å². The molecule has 0 saturated carbocycles. The molecule has 2 heterocycles. The van der Waals surface area contributed by atoms with Gasteiger partial charge in [0.1, 0.15) is 5.75 Å². The van der Waals surface area contributed by atoms with Crippen molar-refractivity contribution in [2.45, 2.75) is 45.8 Å². The highest BCUT2D eigenvalue weighted by Gasteiger charge is 2.27. The SMILES string of the molecule is CC(C)COc1ccc(CNC(=O)N(Cc2cccc3ccncc23)C2CCN(C)CC2)cc1. The summed E-state index contributed by atoms with van der Waals surface area (Å²) >= 11 is 0. The Labute approximate surface area is 202 Å². The van der Waals surface area contributed by atoms with Crippen LogP contribution in [0.15, 0.2) is 60.9 Å². The molecule has 0 radical (unpaired) electrons. The normalized spacial score (nSPS) is 14.9. The second-order valence-electron chi connectivity index (χ2n) is 9.68. The Kier molecular flexibility index (Phi) is 8.01. The van der Waals surface area contributed by atoms with Gasteiger partial charge < -0.3 is 19.9 Å². The minimum atomic E-state index is -0.0180. The zero-order valence-corrected chi connectivity index (χ0v) is 20.5. The van der Waals surface area contributed by atoms with Gasteiger partial charge in [-0.2, -0.15) is 0 Å². The van der Waals surface area contributed by atoms with Crippen LogP contribution >= 0.6 is 0 Å². The van der Waals surface area contributed by atoms with Crippen LogP contribution < -0.4 is 10.1 Å². The first-order chi connectivity index (χ1) is 16.5. The van der Waals surface area contributed by atoms with E-state index in [1.165, 1.54) is 0 Å². The summed E-state index contributed by atoms with van der Waals surface area (Å²) in [5, 5.41) is 5.42. The molecule has 0 atom stereocenters. The molecule has 1 aliphatic heterocycles. The van der Waals surface area contributed by atoms with Crippen molar-refractivity contribution < 1.29 is 9.53 Å². The largest absolute Gasteiger partial charge is 0.493 e. The average molecular weight is 461 g/mol. The number of carbonyl (C=O) groups is 1. The summed E-state index contributed by atoms with van der Waals surface area (Å²) in [5.41, 5.74) is 2.19. The number of hydrogen-bond acceptors (Lipinski definition) is 4. The number of pyridine rings is 1. The Hall–Kier alpha value is -3.12. The quantitative estimate of drug-likeness (QED) is 0.510. The molecule has 0 spiro atoms. The molecule has 34 heavy (non-hydrogen) atoms. The molecule has 6 nitrogen and oxygen atoms in total. The van der Waals surface area contributed by atoms with Crippen LogP contribution in [0.2, 0.25) is 0 Å². The van der Waals surface area contributed by atoms with E-state index in [4.69, 9.17) is 4.74 Å². The molecular formula is C28H36N4O2. The lowest BCUT2D eigenvalue weighted by atomic mass is 10.0. The Morgan fingerprint density at radius 1 is 1.15 bits per heavy atom. The van der Waals surface area contributed by atoms with E-state index in [2.05, 4.69) is 54.3 Å². The number of urea groups is 1. The van der Waals surface area contributed by atoms with Crippen LogP contribution in [0.5, 0.6) is 5.75 Å². The van der Waals surface area contributed by atoms with Gasteiger partial charge in [-0.05, 0) is 73.6 Å². The van der Waals surface area contributed by atoms with Gasteiger partial charge in [0.2, 0.25) is 0 Å². The number of nitrogens with one attached hydrogen (secondary N) is 1. The topological polar surface area (TPSA) is 57.7 Å². The van der Waals surface area contributed by atoms with E-state index in [1.54, 1.807) is 0 Å². The van der Waals surface area contributed by atoms with Crippen molar-refractivity contribution in [2.24, 2.45) is 5.92 Å². The Morgan fingerprint density at radius 3 is 2.65 bits per heavy atom. The lowest BCUT2D eigenvalue weighted by molar-refractivity contribution is 0.127. The molecule has 1 aliphatic rings. The van der Waals surface area contributed by atoms with E-state index in [0.29, 0.717) is 25.6 Å². The maximum absolute atomic E-state index is 13.4. The first-order valence-electron chi connectivity index (χ1n) is 12.3. The van der Waals surface area contributed by atoms with Crippen LogP contribution in [0.25, 0.3) is 10.8 Å². The van der Waals surface area contributed by atoms with E-state index in [0.717, 1.165) is 53.6 Å². The van der Waals surface area contributed by atoms with Gasteiger partial charge in [-0.15, -0.1) is 0 Å². The fraction of sp³-hybridized carbons (Fsp3) is 0.429. The molecule has 0 bridgehead atoms. The summed E-state index contributed by atoms with van der Waals surface area (Å²) in [5.74, 6) is 1.35. The number of aromatic nitrogens is 1. The average Bonchev–Trinajstić information content (AvgIpc) is 2.86. The van der Waals surface area contributed by atoms with Crippen molar-refractivity contribution in [1.82, 2.24) is 20.1 Å². The molecule has 1 aromatic heterocycles. The van der Waals surface area contributed by atoms with Crippen LogP contribution in [-0.4, -0.2) is 53.6 Å².